The molecule has 2 aromatic carbocycles. The highest BCUT2D eigenvalue weighted by Gasteiger charge is 2.44. The maximum absolute atomic E-state index is 13.9. The monoisotopic (exact) mass is 905 g/mol. The van der Waals surface area contributed by atoms with Gasteiger partial charge in [0, 0.05) is 35.0 Å². The Morgan fingerprint density at radius 2 is 0.892 bits per heavy atom. The zero-order chi connectivity index (χ0) is 49.0. The number of amides is 6. The van der Waals surface area contributed by atoms with Crippen LogP contribution in [-0.4, -0.2) is 107 Å². The molecule has 14 heteroatoms. The minimum absolute atomic E-state index is 0.154. The smallest absolute Gasteiger partial charge is 0.325 e. The summed E-state index contributed by atoms with van der Waals surface area (Å²) in [5, 5.41) is 21.0. The lowest BCUT2D eigenvalue weighted by Crippen LogP contribution is -2.60. The maximum Gasteiger partial charge on any atom is 0.325 e. The van der Waals surface area contributed by atoms with Gasteiger partial charge in [-0.05, 0) is 89.2 Å². The number of carbonyl (C=O) groups is 6. The average Bonchev–Trinajstić information content (AvgIpc) is 3.88. The van der Waals surface area contributed by atoms with Crippen LogP contribution < -0.4 is 21.3 Å². The van der Waals surface area contributed by atoms with Crippen molar-refractivity contribution < 1.29 is 38.6 Å². The van der Waals surface area contributed by atoms with Crippen molar-refractivity contribution in [3.05, 3.63) is 71.8 Å². The molecule has 4 rings (SSSR count). The van der Waals surface area contributed by atoms with E-state index in [9.17, 15) is 33.9 Å². The van der Waals surface area contributed by atoms with E-state index >= 15 is 0 Å². The maximum atomic E-state index is 13.9. The van der Waals surface area contributed by atoms with Crippen LogP contribution in [0.3, 0.4) is 0 Å². The van der Waals surface area contributed by atoms with Crippen LogP contribution in [0.4, 0.5) is 9.59 Å². The van der Waals surface area contributed by atoms with Crippen LogP contribution in [0.15, 0.2) is 60.7 Å². The van der Waals surface area contributed by atoms with E-state index in [-0.39, 0.29) is 29.2 Å². The molecule has 0 spiro atoms. The van der Waals surface area contributed by atoms with E-state index in [4.69, 9.17) is 4.74 Å². The molecular weight excluding hydrogens is 825 g/mol. The summed E-state index contributed by atoms with van der Waals surface area (Å²) in [6, 6.07) is 17.7. The highest BCUT2D eigenvalue weighted by molar-refractivity contribution is 5.91. The standard InChI is InChI=1S/C26H41N3O4.C25H39N3O4/c1-24(2,3)21(27-23(32)28-25(4,5)6)22(31)29(17-20(30)33-7)18-26(15-11-12-16-26)19-13-9-8-10-14-19;1-23(2,3)20(26-22(32)27-24(4,5)6)21(31)28(16-19(29)30)17-25(14-10-11-15-25)18-12-8-7-9-13-18/h8-10,13-14,21H,11-12,15-18H2,1-7H3,(H2,27,28,32);7-9,12-13,20H,10-11,14-17H2,1-6H3,(H,29,30)(H2,26,27,32)/t21-;20-/m11/s1. The largest absolute Gasteiger partial charge is 0.480 e. The molecule has 0 heterocycles. The summed E-state index contributed by atoms with van der Waals surface area (Å²) < 4.78 is 4.91. The number of ether oxygens (including phenoxy) is 1. The molecule has 5 N–H and O–H groups in total. The van der Waals surface area contributed by atoms with Gasteiger partial charge in [0.25, 0.3) is 0 Å². The second-order valence-electron chi connectivity index (χ2n) is 22.4. The Bertz CT molecular complexity index is 1900. The lowest BCUT2D eigenvalue weighted by Gasteiger charge is -2.40. The normalized spacial score (nSPS) is 16.7. The average molecular weight is 905 g/mol. The first-order valence-electron chi connectivity index (χ1n) is 23.2. The number of hydrogen-bond acceptors (Lipinski definition) is 7. The molecule has 0 saturated heterocycles. The van der Waals surface area contributed by atoms with Gasteiger partial charge in [-0.25, -0.2) is 9.59 Å². The molecule has 0 bridgehead atoms. The Morgan fingerprint density at radius 3 is 1.17 bits per heavy atom. The number of carboxylic acids is 1. The van der Waals surface area contributed by atoms with Gasteiger partial charge >= 0.3 is 24.0 Å². The van der Waals surface area contributed by atoms with E-state index < -0.39 is 64.5 Å². The van der Waals surface area contributed by atoms with Crippen molar-refractivity contribution in [2.24, 2.45) is 10.8 Å². The molecule has 6 amide bonds. The van der Waals surface area contributed by atoms with Gasteiger partial charge in [0.2, 0.25) is 11.8 Å². The van der Waals surface area contributed by atoms with Crippen LogP contribution in [-0.2, 0) is 34.7 Å². The Labute approximate surface area is 388 Å². The summed E-state index contributed by atoms with van der Waals surface area (Å²) in [6.45, 7) is 22.7. The minimum atomic E-state index is -1.06. The Hall–Kier alpha value is -5.14. The third-order valence-electron chi connectivity index (χ3n) is 12.1. The minimum Gasteiger partial charge on any atom is -0.480 e. The number of urea groups is 2. The Kier molecular flexibility index (Phi) is 18.6. The molecule has 362 valence electrons. The quantitative estimate of drug-likeness (QED) is 0.118. The first-order chi connectivity index (χ1) is 30.0. The van der Waals surface area contributed by atoms with E-state index in [1.165, 1.54) is 17.6 Å². The van der Waals surface area contributed by atoms with Gasteiger partial charge in [-0.1, -0.05) is 128 Å². The van der Waals surface area contributed by atoms with Gasteiger partial charge in [0.05, 0.1) is 7.11 Å². The van der Waals surface area contributed by atoms with Crippen molar-refractivity contribution >= 4 is 35.8 Å². The molecule has 2 aliphatic rings. The molecule has 2 atom stereocenters. The van der Waals surface area contributed by atoms with Crippen LogP contribution in [0.25, 0.3) is 0 Å². The number of benzene rings is 2. The number of aliphatic carboxylic acids is 1. The third kappa shape index (κ3) is 16.7. The predicted octanol–water partition coefficient (Wildman–Crippen LogP) is 7.94. The molecule has 14 nitrogen and oxygen atoms in total. The Morgan fingerprint density at radius 1 is 0.569 bits per heavy atom. The van der Waals surface area contributed by atoms with Crippen molar-refractivity contribution in [3.63, 3.8) is 0 Å². The lowest BCUT2D eigenvalue weighted by molar-refractivity contribution is -0.149. The highest BCUT2D eigenvalue weighted by atomic mass is 16.5. The summed E-state index contributed by atoms with van der Waals surface area (Å²) in [5.74, 6) is -2.19. The molecular formula is C51H80N6O8. The fraction of sp³-hybridized carbons (Fsp3) is 0.647. The van der Waals surface area contributed by atoms with Gasteiger partial charge in [-0.2, -0.15) is 0 Å². The first-order valence-corrected chi connectivity index (χ1v) is 23.2. The Balaban J connectivity index is 0.000000345. The van der Waals surface area contributed by atoms with Gasteiger partial charge in [-0.3, -0.25) is 19.2 Å². The van der Waals surface area contributed by atoms with Crippen molar-refractivity contribution in [3.8, 4) is 0 Å². The van der Waals surface area contributed by atoms with E-state index in [0.717, 1.165) is 56.9 Å². The zero-order valence-electron chi connectivity index (χ0n) is 41.6. The molecule has 65 heavy (non-hydrogen) atoms. The number of hydrogen-bond donors (Lipinski definition) is 5. The number of esters is 1. The number of nitrogens with one attached hydrogen (secondary N) is 4. The van der Waals surface area contributed by atoms with Crippen LogP contribution in [0.5, 0.6) is 0 Å². The summed E-state index contributed by atoms with van der Waals surface area (Å²) in [6.07, 6.45) is 7.92. The lowest BCUT2D eigenvalue weighted by atomic mass is 9.77. The number of carboxylic acid groups (broad SMARTS) is 1. The second-order valence-corrected chi connectivity index (χ2v) is 22.4. The molecule has 2 fully saturated rings. The predicted molar refractivity (Wildman–Crippen MR) is 255 cm³/mol. The van der Waals surface area contributed by atoms with Crippen molar-refractivity contribution in [2.75, 3.05) is 33.3 Å². The van der Waals surface area contributed by atoms with Crippen LogP contribution in [0, 0.1) is 10.8 Å². The topological polar surface area (TPSA) is 186 Å². The van der Waals surface area contributed by atoms with Gasteiger partial charge in [-0.15, -0.1) is 0 Å². The fourth-order valence-electron chi connectivity index (χ4n) is 8.98. The zero-order valence-corrected chi connectivity index (χ0v) is 41.6. The van der Waals surface area contributed by atoms with E-state index in [1.54, 1.807) is 4.90 Å². The first kappa shape index (κ1) is 54.2. The summed E-state index contributed by atoms with van der Waals surface area (Å²) in [7, 11) is 1.32. The highest BCUT2D eigenvalue weighted by Crippen LogP contribution is 2.43. The van der Waals surface area contributed by atoms with Crippen LogP contribution in [0.1, 0.15) is 146 Å². The number of methoxy groups -OCH3 is 1. The summed E-state index contributed by atoms with van der Waals surface area (Å²) in [4.78, 5) is 79.9. The molecule has 2 saturated carbocycles. The van der Waals surface area contributed by atoms with Gasteiger partial charge < -0.3 is 40.9 Å². The van der Waals surface area contributed by atoms with Crippen LogP contribution in [0.2, 0.25) is 0 Å². The molecule has 0 aromatic heterocycles. The second kappa shape index (κ2) is 22.4. The third-order valence-corrected chi connectivity index (χ3v) is 12.1. The fourth-order valence-corrected chi connectivity index (χ4v) is 8.98. The van der Waals surface area contributed by atoms with Crippen LogP contribution >= 0.6 is 0 Å². The number of carbonyl (C=O) groups excluding carboxylic acids is 5. The molecule has 0 radical (unpaired) electrons. The van der Waals surface area contributed by atoms with Crippen molar-refractivity contribution in [1.82, 2.24) is 31.1 Å². The summed E-state index contributed by atoms with van der Waals surface area (Å²) in [5.41, 5.74) is -0.249. The van der Waals surface area contributed by atoms with E-state index in [2.05, 4.69) is 45.5 Å². The van der Waals surface area contributed by atoms with E-state index in [1.807, 2.05) is 119 Å². The summed E-state index contributed by atoms with van der Waals surface area (Å²) >= 11 is 0. The van der Waals surface area contributed by atoms with E-state index in [0.29, 0.717) is 13.1 Å². The molecule has 2 aliphatic carbocycles. The SMILES string of the molecule is CC(C)(C)NC(=O)N[C@H](C(=O)N(CC(=O)O)CC1(c2ccccc2)CCCC1)C(C)(C)C.COC(=O)CN(CC1(c2ccccc2)CCCC1)C(=O)[C@@H](NC(=O)NC(C)(C)C)C(C)(C)C. The number of rotatable bonds is 14. The van der Waals surface area contributed by atoms with Crippen molar-refractivity contribution in [1.29, 1.82) is 0 Å². The number of nitrogens with zero attached hydrogens (tertiary/aromatic N) is 2. The molecule has 0 aliphatic heterocycles. The molecule has 0 unspecified atom stereocenters. The van der Waals surface area contributed by atoms with Gasteiger partial charge in [0.15, 0.2) is 0 Å². The van der Waals surface area contributed by atoms with Crippen molar-refractivity contribution in [2.45, 2.75) is 168 Å². The molecule has 2 aromatic rings. The van der Waals surface area contributed by atoms with Gasteiger partial charge in [0.1, 0.15) is 25.2 Å².